The van der Waals surface area contributed by atoms with Crippen LogP contribution in [0, 0.1) is 6.92 Å². The van der Waals surface area contributed by atoms with E-state index in [0.29, 0.717) is 17.7 Å². The third kappa shape index (κ3) is 2.37. The van der Waals surface area contributed by atoms with Gasteiger partial charge in [0.25, 0.3) is 0 Å². The summed E-state index contributed by atoms with van der Waals surface area (Å²) >= 11 is 1.58. The minimum absolute atomic E-state index is 0.472. The highest BCUT2D eigenvalue weighted by Crippen LogP contribution is 2.23. The third-order valence-electron chi connectivity index (χ3n) is 2.32. The van der Waals surface area contributed by atoms with Gasteiger partial charge in [0.2, 0.25) is 0 Å². The van der Waals surface area contributed by atoms with Crippen molar-refractivity contribution in [3.8, 4) is 0 Å². The molecule has 2 aromatic heterocycles. The first kappa shape index (κ1) is 11.0. The molecule has 2 rings (SSSR count). The van der Waals surface area contributed by atoms with Crippen LogP contribution in [0.3, 0.4) is 0 Å². The van der Waals surface area contributed by atoms with Crippen molar-refractivity contribution >= 4 is 17.0 Å². The Labute approximate surface area is 97.8 Å². The van der Waals surface area contributed by atoms with E-state index in [1.54, 1.807) is 29.8 Å². The molecule has 0 bridgehead atoms. The molecule has 1 unspecified atom stereocenters. The maximum atomic E-state index is 10.0. The average molecular weight is 235 g/mol. The summed E-state index contributed by atoms with van der Waals surface area (Å²) in [7, 11) is 0. The van der Waals surface area contributed by atoms with E-state index in [4.69, 9.17) is 5.73 Å². The maximum absolute atomic E-state index is 10.0. The van der Waals surface area contributed by atoms with Crippen LogP contribution in [0.5, 0.6) is 0 Å². The van der Waals surface area contributed by atoms with E-state index in [9.17, 15) is 5.11 Å². The summed E-state index contributed by atoms with van der Waals surface area (Å²) in [6.45, 7) is 1.94. The van der Waals surface area contributed by atoms with Crippen LogP contribution >= 0.6 is 11.3 Å². The van der Waals surface area contributed by atoms with Crippen LogP contribution in [0.15, 0.2) is 23.8 Å². The number of hydrogen-bond donors (Lipinski definition) is 2. The highest BCUT2D eigenvalue weighted by molar-refractivity contribution is 7.09. The second kappa shape index (κ2) is 4.59. The molecule has 0 spiro atoms. The highest BCUT2D eigenvalue weighted by atomic mass is 32.1. The molecule has 0 aliphatic rings. The molecule has 5 heteroatoms. The molecule has 84 valence electrons. The average Bonchev–Trinajstić information content (AvgIpc) is 2.64. The van der Waals surface area contributed by atoms with Crippen molar-refractivity contribution in [3.05, 3.63) is 40.1 Å². The molecule has 0 fully saturated rings. The molecule has 0 amide bonds. The van der Waals surface area contributed by atoms with Gasteiger partial charge in [0, 0.05) is 35.4 Å². The Morgan fingerprint density at radius 1 is 1.56 bits per heavy atom. The van der Waals surface area contributed by atoms with Crippen molar-refractivity contribution in [1.82, 2.24) is 9.97 Å². The molecule has 0 saturated heterocycles. The fourth-order valence-corrected chi connectivity index (χ4v) is 2.13. The second-order valence-electron chi connectivity index (χ2n) is 3.58. The number of pyridine rings is 1. The van der Waals surface area contributed by atoms with Crippen LogP contribution in [0.1, 0.15) is 22.4 Å². The Bertz CT molecular complexity index is 484. The second-order valence-corrected chi connectivity index (χ2v) is 4.64. The molecule has 2 heterocycles. The predicted molar refractivity (Wildman–Crippen MR) is 64.2 cm³/mol. The Balaban J connectivity index is 2.14. The lowest BCUT2D eigenvalue weighted by Gasteiger charge is -2.11. The van der Waals surface area contributed by atoms with E-state index in [2.05, 4.69) is 9.97 Å². The smallest absolute Gasteiger partial charge is 0.0897 e. The number of hydrogen-bond acceptors (Lipinski definition) is 5. The first-order valence-corrected chi connectivity index (χ1v) is 5.83. The van der Waals surface area contributed by atoms with Gasteiger partial charge in [0.05, 0.1) is 16.8 Å². The Hall–Kier alpha value is -1.46. The van der Waals surface area contributed by atoms with Gasteiger partial charge < -0.3 is 10.8 Å². The van der Waals surface area contributed by atoms with E-state index in [-0.39, 0.29) is 0 Å². The first-order chi connectivity index (χ1) is 7.66. The Kier molecular flexibility index (Phi) is 3.17. The van der Waals surface area contributed by atoms with E-state index < -0.39 is 6.10 Å². The zero-order valence-electron chi connectivity index (χ0n) is 8.92. The van der Waals surface area contributed by atoms with Gasteiger partial charge in [-0.05, 0) is 13.0 Å². The van der Waals surface area contributed by atoms with Crippen LogP contribution in [0.4, 0.5) is 5.69 Å². The summed E-state index contributed by atoms with van der Waals surface area (Å²) in [5.41, 5.74) is 7.87. The number of aryl methyl sites for hydroxylation is 1. The van der Waals surface area contributed by atoms with Gasteiger partial charge in [-0.25, -0.2) is 4.98 Å². The monoisotopic (exact) mass is 235 g/mol. The largest absolute Gasteiger partial charge is 0.398 e. The Morgan fingerprint density at radius 3 is 3.00 bits per heavy atom. The number of nitrogens with zero attached hydrogens (tertiary/aromatic N) is 2. The minimum Gasteiger partial charge on any atom is -0.398 e. The van der Waals surface area contributed by atoms with Crippen LogP contribution in [0.25, 0.3) is 0 Å². The number of thiazole rings is 1. The lowest BCUT2D eigenvalue weighted by atomic mass is 10.1. The predicted octanol–water partition coefficient (Wildman–Crippen LogP) is 1.70. The summed E-state index contributed by atoms with van der Waals surface area (Å²) in [5.74, 6) is 0. The normalized spacial score (nSPS) is 12.6. The van der Waals surface area contributed by atoms with Crippen molar-refractivity contribution in [1.29, 1.82) is 0 Å². The molecular formula is C11H13N3OS. The molecule has 0 aliphatic heterocycles. The van der Waals surface area contributed by atoms with Crippen molar-refractivity contribution in [2.75, 3.05) is 5.73 Å². The summed E-state index contributed by atoms with van der Waals surface area (Å²) in [4.78, 5) is 8.26. The number of anilines is 1. The maximum Gasteiger partial charge on any atom is 0.0897 e. The molecule has 0 aliphatic carbocycles. The number of rotatable bonds is 3. The molecule has 0 aromatic carbocycles. The molecule has 1 atom stereocenters. The zero-order chi connectivity index (χ0) is 11.5. The minimum atomic E-state index is -0.643. The molecule has 0 radical (unpaired) electrons. The first-order valence-electron chi connectivity index (χ1n) is 4.95. The van der Waals surface area contributed by atoms with E-state index in [1.807, 2.05) is 12.3 Å². The SMILES string of the molecule is Cc1nc(CC(O)c2cnccc2N)cs1. The van der Waals surface area contributed by atoms with Crippen molar-refractivity contribution < 1.29 is 5.11 Å². The summed E-state index contributed by atoms with van der Waals surface area (Å²) < 4.78 is 0. The van der Waals surface area contributed by atoms with Crippen LogP contribution in [-0.4, -0.2) is 15.1 Å². The van der Waals surface area contributed by atoms with Gasteiger partial charge in [0.1, 0.15) is 0 Å². The molecule has 0 saturated carbocycles. The van der Waals surface area contributed by atoms with Gasteiger partial charge in [-0.2, -0.15) is 0 Å². The van der Waals surface area contributed by atoms with E-state index in [1.165, 1.54) is 0 Å². The van der Waals surface area contributed by atoms with Crippen LogP contribution < -0.4 is 5.73 Å². The topological polar surface area (TPSA) is 72.0 Å². The summed E-state index contributed by atoms with van der Waals surface area (Å²) in [5, 5.41) is 13.0. The molecular weight excluding hydrogens is 222 g/mol. The van der Waals surface area contributed by atoms with Crippen molar-refractivity contribution in [3.63, 3.8) is 0 Å². The molecule has 4 nitrogen and oxygen atoms in total. The molecule has 2 aromatic rings. The van der Waals surface area contributed by atoms with Gasteiger partial charge in [0.15, 0.2) is 0 Å². The van der Waals surface area contributed by atoms with Crippen LogP contribution in [-0.2, 0) is 6.42 Å². The third-order valence-corrected chi connectivity index (χ3v) is 3.14. The van der Waals surface area contributed by atoms with E-state index in [0.717, 1.165) is 10.7 Å². The molecule has 16 heavy (non-hydrogen) atoms. The van der Waals surface area contributed by atoms with Gasteiger partial charge in [-0.3, -0.25) is 4.98 Å². The van der Waals surface area contributed by atoms with Crippen LogP contribution in [0.2, 0.25) is 0 Å². The fourth-order valence-electron chi connectivity index (χ4n) is 1.51. The lowest BCUT2D eigenvalue weighted by molar-refractivity contribution is 0.178. The standard InChI is InChI=1S/C11H13N3OS/c1-7-14-8(6-16-7)4-11(15)9-5-13-3-2-10(9)12/h2-3,5-6,11,15H,4H2,1H3,(H2,12,13). The molecule has 3 N–H and O–H groups in total. The zero-order valence-corrected chi connectivity index (χ0v) is 9.74. The van der Waals surface area contributed by atoms with Gasteiger partial charge in [-0.1, -0.05) is 0 Å². The fraction of sp³-hybridized carbons (Fsp3) is 0.273. The van der Waals surface area contributed by atoms with E-state index >= 15 is 0 Å². The number of aliphatic hydroxyl groups excluding tert-OH is 1. The number of nitrogen functional groups attached to an aromatic ring is 1. The lowest BCUT2D eigenvalue weighted by Crippen LogP contribution is -2.06. The number of nitrogens with two attached hydrogens (primary N) is 1. The van der Waals surface area contributed by atoms with Gasteiger partial charge in [-0.15, -0.1) is 11.3 Å². The number of aromatic nitrogens is 2. The highest BCUT2D eigenvalue weighted by Gasteiger charge is 2.13. The quantitative estimate of drug-likeness (QED) is 0.849. The summed E-state index contributed by atoms with van der Waals surface area (Å²) in [6.07, 6.45) is 3.04. The summed E-state index contributed by atoms with van der Waals surface area (Å²) in [6, 6.07) is 1.69. The number of aliphatic hydroxyl groups is 1. The van der Waals surface area contributed by atoms with Crippen molar-refractivity contribution in [2.24, 2.45) is 0 Å². The van der Waals surface area contributed by atoms with Crippen molar-refractivity contribution in [2.45, 2.75) is 19.4 Å². The Morgan fingerprint density at radius 2 is 2.38 bits per heavy atom. The van der Waals surface area contributed by atoms with Gasteiger partial charge >= 0.3 is 0 Å².